The first kappa shape index (κ1) is 21.0. The molecule has 0 aromatic carbocycles. The first-order valence-corrected chi connectivity index (χ1v) is 10.9. The second-order valence-corrected chi connectivity index (χ2v) is 10.4. The van der Waals surface area contributed by atoms with Crippen LogP contribution in [0.1, 0.15) is 66.2 Å². The molecule has 0 aromatic rings. The van der Waals surface area contributed by atoms with Crippen molar-refractivity contribution in [1.82, 2.24) is 9.80 Å². The Hall–Kier alpha value is -0.680. The van der Waals surface area contributed by atoms with Gasteiger partial charge in [-0.05, 0) is 55.9 Å². The van der Waals surface area contributed by atoms with Gasteiger partial charge in [0.05, 0.1) is 12.8 Å². The Morgan fingerprint density at radius 3 is 2.41 bits per heavy atom. The Bertz CT molecular complexity index is 536. The first-order chi connectivity index (χ1) is 12.7. The molecule has 1 saturated carbocycles. The zero-order chi connectivity index (χ0) is 19.9. The number of carbonyl (C=O) groups excluding carboxylic acids is 1. The maximum absolute atomic E-state index is 13.2. The monoisotopic (exact) mass is 382 g/mol. The van der Waals surface area contributed by atoms with Crippen molar-refractivity contribution < 1.29 is 14.3 Å². The predicted molar refractivity (Wildman–Crippen MR) is 106 cm³/mol. The van der Waals surface area contributed by atoms with Gasteiger partial charge in [-0.2, -0.15) is 0 Å². The van der Waals surface area contributed by atoms with Crippen molar-refractivity contribution in [2.75, 3.05) is 39.4 Å². The van der Waals surface area contributed by atoms with Gasteiger partial charge in [-0.15, -0.1) is 0 Å². The van der Waals surface area contributed by atoms with Gasteiger partial charge in [0, 0.05) is 37.5 Å². The molecule has 0 bridgehead atoms. The topological polar surface area (TPSA) is 43.8 Å². The lowest BCUT2D eigenvalue weighted by atomic mass is 9.71. The van der Waals surface area contributed by atoms with Crippen molar-refractivity contribution in [3.05, 3.63) is 0 Å². The summed E-state index contributed by atoms with van der Waals surface area (Å²) in [5.74, 6) is 0.383. The Morgan fingerprint density at radius 1 is 1.07 bits per heavy atom. The lowest BCUT2D eigenvalue weighted by molar-refractivity contribution is -0.144. The summed E-state index contributed by atoms with van der Waals surface area (Å²) in [6, 6.07) is 0. The van der Waals surface area contributed by atoms with E-state index < -0.39 is 0 Å². The standard InChI is InChI=1S/C22H39FN2O2/c1-20(2)18(21(20,3)4)19(27)25-13-8-10-22(16-25)15-24(14-9-17(22)26)12-7-5-6-11-23/h17-18,26H,5-16H2,1-4H3/t17-,22-/m1/s1. The van der Waals surface area contributed by atoms with E-state index in [2.05, 4.69) is 37.5 Å². The molecule has 0 unspecified atom stereocenters. The number of aliphatic hydroxyl groups excluding tert-OH is 1. The van der Waals surface area contributed by atoms with Gasteiger partial charge in [0.25, 0.3) is 0 Å². The third-order valence-corrected chi connectivity index (χ3v) is 8.26. The number of hydrogen-bond donors (Lipinski definition) is 1. The largest absolute Gasteiger partial charge is 0.392 e. The summed E-state index contributed by atoms with van der Waals surface area (Å²) >= 11 is 0. The molecule has 0 aromatic heterocycles. The highest BCUT2D eigenvalue weighted by Crippen LogP contribution is 2.69. The van der Waals surface area contributed by atoms with Gasteiger partial charge < -0.3 is 14.9 Å². The van der Waals surface area contributed by atoms with Crippen LogP contribution in [0.15, 0.2) is 0 Å². The molecular formula is C22H39FN2O2. The molecule has 156 valence electrons. The molecule has 1 N–H and O–H groups in total. The molecule has 0 radical (unpaired) electrons. The molecule has 2 heterocycles. The van der Waals surface area contributed by atoms with E-state index in [1.165, 1.54) is 0 Å². The lowest BCUT2D eigenvalue weighted by Gasteiger charge is -2.51. The quantitative estimate of drug-likeness (QED) is 0.715. The molecule has 3 aliphatic rings. The van der Waals surface area contributed by atoms with Crippen LogP contribution in [0.3, 0.4) is 0 Å². The maximum Gasteiger partial charge on any atom is 0.226 e. The number of likely N-dealkylation sites (tertiary alicyclic amines) is 2. The Morgan fingerprint density at radius 2 is 1.78 bits per heavy atom. The minimum Gasteiger partial charge on any atom is -0.392 e. The van der Waals surface area contributed by atoms with Crippen molar-refractivity contribution >= 4 is 5.91 Å². The summed E-state index contributed by atoms with van der Waals surface area (Å²) in [6.45, 7) is 12.8. The van der Waals surface area contributed by atoms with E-state index in [1.807, 2.05) is 0 Å². The fraction of sp³-hybridized carbons (Fsp3) is 0.955. The molecule has 1 aliphatic carbocycles. The number of unbranched alkanes of at least 4 members (excludes halogenated alkanes) is 2. The van der Waals surface area contributed by atoms with Crippen molar-refractivity contribution in [3.8, 4) is 0 Å². The Kier molecular flexibility index (Phi) is 5.94. The average molecular weight is 383 g/mol. The third-order valence-electron chi connectivity index (χ3n) is 8.26. The van der Waals surface area contributed by atoms with Crippen LogP contribution >= 0.6 is 0 Å². The van der Waals surface area contributed by atoms with Gasteiger partial charge in [0.2, 0.25) is 5.91 Å². The van der Waals surface area contributed by atoms with E-state index in [4.69, 9.17) is 0 Å². The number of aliphatic hydroxyl groups is 1. The van der Waals surface area contributed by atoms with Crippen LogP contribution < -0.4 is 0 Å². The summed E-state index contributed by atoms with van der Waals surface area (Å²) in [5.41, 5.74) is -0.0694. The number of alkyl halides is 1. The summed E-state index contributed by atoms with van der Waals surface area (Å²) in [4.78, 5) is 17.7. The number of nitrogens with zero attached hydrogens (tertiary/aromatic N) is 2. The molecule has 4 nitrogen and oxygen atoms in total. The zero-order valence-corrected chi connectivity index (χ0v) is 17.8. The summed E-state index contributed by atoms with van der Waals surface area (Å²) in [7, 11) is 0. The number of hydrogen-bond acceptors (Lipinski definition) is 3. The van der Waals surface area contributed by atoms with Crippen LogP contribution in [-0.4, -0.2) is 66.3 Å². The maximum atomic E-state index is 13.2. The Balaban J connectivity index is 1.63. The second-order valence-electron chi connectivity index (χ2n) is 10.4. The highest BCUT2D eigenvalue weighted by atomic mass is 19.1. The summed E-state index contributed by atoms with van der Waals surface area (Å²) < 4.78 is 12.3. The number of piperidine rings is 2. The van der Waals surface area contributed by atoms with Crippen LogP contribution in [0.25, 0.3) is 0 Å². The van der Waals surface area contributed by atoms with E-state index in [9.17, 15) is 14.3 Å². The molecule has 3 fully saturated rings. The highest BCUT2D eigenvalue weighted by Gasteiger charge is 2.69. The fourth-order valence-corrected chi connectivity index (χ4v) is 5.78. The van der Waals surface area contributed by atoms with Gasteiger partial charge >= 0.3 is 0 Å². The zero-order valence-electron chi connectivity index (χ0n) is 17.8. The van der Waals surface area contributed by atoms with Crippen molar-refractivity contribution in [2.24, 2.45) is 22.2 Å². The van der Waals surface area contributed by atoms with Crippen LogP contribution in [-0.2, 0) is 4.79 Å². The van der Waals surface area contributed by atoms with Crippen LogP contribution in [0, 0.1) is 22.2 Å². The predicted octanol–water partition coefficient (Wildman–Crippen LogP) is 3.48. The van der Waals surface area contributed by atoms with Gasteiger partial charge in [0.15, 0.2) is 0 Å². The number of halogens is 1. The molecule has 2 atom stereocenters. The van der Waals surface area contributed by atoms with E-state index in [0.29, 0.717) is 13.0 Å². The number of rotatable bonds is 6. The van der Waals surface area contributed by atoms with Gasteiger partial charge in [-0.1, -0.05) is 27.7 Å². The second kappa shape index (κ2) is 7.62. The molecule has 5 heteroatoms. The van der Waals surface area contributed by atoms with Gasteiger partial charge in [0.1, 0.15) is 0 Å². The summed E-state index contributed by atoms with van der Waals surface area (Å²) in [5, 5.41) is 10.9. The lowest BCUT2D eigenvalue weighted by Crippen LogP contribution is -2.60. The van der Waals surface area contributed by atoms with Crippen molar-refractivity contribution in [2.45, 2.75) is 72.3 Å². The normalized spacial score (nSPS) is 33.4. The minimum atomic E-state index is -0.324. The van der Waals surface area contributed by atoms with Crippen LogP contribution in [0.4, 0.5) is 4.39 Å². The Labute approximate surface area is 164 Å². The molecule has 3 rings (SSSR count). The minimum absolute atomic E-state index is 0.0579. The van der Waals surface area contributed by atoms with E-state index in [0.717, 1.165) is 58.3 Å². The molecule has 1 amide bonds. The third kappa shape index (κ3) is 3.78. The molecule has 2 aliphatic heterocycles. The number of carbonyl (C=O) groups is 1. The molecule has 1 spiro atoms. The summed E-state index contributed by atoms with van der Waals surface area (Å²) in [6.07, 6.45) is 5.03. The first-order valence-electron chi connectivity index (χ1n) is 10.9. The van der Waals surface area contributed by atoms with E-state index >= 15 is 0 Å². The average Bonchev–Trinajstić information content (AvgIpc) is 3.03. The van der Waals surface area contributed by atoms with Crippen LogP contribution in [0.5, 0.6) is 0 Å². The number of amides is 1. The van der Waals surface area contributed by atoms with Crippen molar-refractivity contribution in [1.29, 1.82) is 0 Å². The van der Waals surface area contributed by atoms with E-state index in [1.54, 1.807) is 0 Å². The van der Waals surface area contributed by atoms with Gasteiger partial charge in [-0.3, -0.25) is 9.18 Å². The fourth-order valence-electron chi connectivity index (χ4n) is 5.78. The van der Waals surface area contributed by atoms with E-state index in [-0.39, 0.29) is 40.8 Å². The highest BCUT2D eigenvalue weighted by molar-refractivity contribution is 5.84. The SMILES string of the molecule is CC1(C)C(C(=O)N2CCC[C@@]3(CN(CCCCCF)CC[C@H]3O)C2)C1(C)C. The molecular weight excluding hydrogens is 343 g/mol. The van der Waals surface area contributed by atoms with Crippen molar-refractivity contribution in [3.63, 3.8) is 0 Å². The van der Waals surface area contributed by atoms with Gasteiger partial charge in [-0.25, -0.2) is 0 Å². The van der Waals surface area contributed by atoms with Crippen LogP contribution in [0.2, 0.25) is 0 Å². The molecule has 2 saturated heterocycles. The molecule has 27 heavy (non-hydrogen) atoms. The smallest absolute Gasteiger partial charge is 0.226 e.